The highest BCUT2D eigenvalue weighted by molar-refractivity contribution is 6.10. The Morgan fingerprint density at radius 1 is 1.05 bits per heavy atom. The molecule has 2 aromatic heterocycles. The molecule has 0 aliphatic carbocycles. The lowest BCUT2D eigenvalue weighted by molar-refractivity contribution is -0.00545. The second kappa shape index (κ2) is 10.2. The third-order valence-electron chi connectivity index (χ3n) is 6.37. The van der Waals surface area contributed by atoms with Crippen molar-refractivity contribution in [2.75, 3.05) is 30.4 Å². The van der Waals surface area contributed by atoms with Crippen LogP contribution in [0, 0.1) is 11.3 Å². The Balaban J connectivity index is 1.40. The summed E-state index contributed by atoms with van der Waals surface area (Å²) in [5.74, 6) is 0.956. The Morgan fingerprint density at radius 2 is 1.81 bits per heavy atom. The molecule has 0 spiro atoms. The van der Waals surface area contributed by atoms with Crippen molar-refractivity contribution < 1.29 is 14.3 Å². The first-order valence-electron chi connectivity index (χ1n) is 12.1. The Bertz CT molecular complexity index is 1470. The van der Waals surface area contributed by atoms with E-state index in [1.165, 1.54) is 6.20 Å². The van der Waals surface area contributed by atoms with Crippen LogP contribution in [-0.2, 0) is 4.74 Å². The summed E-state index contributed by atoms with van der Waals surface area (Å²) < 4.78 is 11.5. The second-order valence-corrected chi connectivity index (χ2v) is 9.12. The summed E-state index contributed by atoms with van der Waals surface area (Å²) >= 11 is 0. The summed E-state index contributed by atoms with van der Waals surface area (Å²) in [6.45, 7) is 5.64. The van der Waals surface area contributed by atoms with E-state index in [2.05, 4.69) is 40.1 Å². The maximum atomic E-state index is 13.2. The van der Waals surface area contributed by atoms with E-state index in [9.17, 15) is 4.79 Å². The van der Waals surface area contributed by atoms with E-state index >= 15 is 0 Å². The Morgan fingerprint density at radius 3 is 2.46 bits per heavy atom. The van der Waals surface area contributed by atoms with Crippen LogP contribution in [0.25, 0.3) is 22.0 Å². The molecule has 8 heteroatoms. The van der Waals surface area contributed by atoms with Crippen LogP contribution in [-0.4, -0.2) is 48.3 Å². The highest BCUT2D eigenvalue weighted by Gasteiger charge is 2.23. The number of fused-ring (bicyclic) bond motifs is 1. The van der Waals surface area contributed by atoms with Crippen molar-refractivity contribution >= 4 is 28.3 Å². The van der Waals surface area contributed by atoms with Crippen LogP contribution in [0.2, 0.25) is 0 Å². The normalized spacial score (nSPS) is 17.3. The van der Waals surface area contributed by atoms with E-state index in [-0.39, 0.29) is 18.1 Å². The lowest BCUT2D eigenvalue weighted by atomic mass is 9.99. The number of morpholine rings is 1. The summed E-state index contributed by atoms with van der Waals surface area (Å²) in [6.07, 6.45) is 3.45. The van der Waals surface area contributed by atoms with Crippen molar-refractivity contribution in [2.45, 2.75) is 26.1 Å². The summed E-state index contributed by atoms with van der Waals surface area (Å²) in [4.78, 5) is 24.6. The molecular formula is C29H27N5O3. The number of nitrogens with zero attached hydrogens (tertiary/aromatic N) is 4. The number of nitrogens with one attached hydrogen (secondary N) is 1. The monoisotopic (exact) mass is 493 g/mol. The molecule has 5 rings (SSSR count). The molecule has 1 aliphatic heterocycles. The molecule has 3 heterocycles. The molecule has 186 valence electrons. The molecule has 8 nitrogen and oxygen atoms in total. The number of methoxy groups -OCH3 is 1. The van der Waals surface area contributed by atoms with Gasteiger partial charge in [-0.1, -0.05) is 24.3 Å². The Hall–Kier alpha value is -4.48. The molecule has 0 radical (unpaired) electrons. The van der Waals surface area contributed by atoms with Gasteiger partial charge in [0.2, 0.25) is 0 Å². The third-order valence-corrected chi connectivity index (χ3v) is 6.37. The summed E-state index contributed by atoms with van der Waals surface area (Å²) in [5.41, 5.74) is 4.01. The van der Waals surface area contributed by atoms with Crippen molar-refractivity contribution in [1.82, 2.24) is 9.97 Å². The number of aromatic nitrogens is 2. The van der Waals surface area contributed by atoms with E-state index in [0.717, 1.165) is 35.4 Å². The van der Waals surface area contributed by atoms with Crippen LogP contribution >= 0.6 is 0 Å². The van der Waals surface area contributed by atoms with Crippen molar-refractivity contribution in [3.8, 4) is 22.9 Å². The van der Waals surface area contributed by atoms with Gasteiger partial charge >= 0.3 is 0 Å². The molecule has 2 aromatic carbocycles. The van der Waals surface area contributed by atoms with Gasteiger partial charge in [-0.3, -0.25) is 9.78 Å². The number of carbonyl (C=O) groups is 1. The molecule has 2 atom stereocenters. The van der Waals surface area contributed by atoms with Crippen LogP contribution in [0.4, 0.5) is 11.5 Å². The minimum absolute atomic E-state index is 0.134. The zero-order valence-corrected chi connectivity index (χ0v) is 20.9. The average Bonchev–Trinajstić information content (AvgIpc) is 2.92. The molecule has 1 saturated heterocycles. The quantitative estimate of drug-likeness (QED) is 0.416. The summed E-state index contributed by atoms with van der Waals surface area (Å²) in [6, 6.07) is 18.9. The first kappa shape index (κ1) is 24.2. The average molecular weight is 494 g/mol. The predicted octanol–water partition coefficient (Wildman–Crippen LogP) is 5.04. The minimum Gasteiger partial charge on any atom is -0.495 e. The van der Waals surface area contributed by atoms with Crippen LogP contribution in [0.15, 0.2) is 67.0 Å². The number of carbonyl (C=O) groups excluding carboxylic acids is 1. The number of hydrogen-bond donors (Lipinski definition) is 1. The topological polar surface area (TPSA) is 100 Å². The van der Waals surface area contributed by atoms with Gasteiger partial charge in [-0.15, -0.1) is 0 Å². The molecule has 0 bridgehead atoms. The number of hydrogen-bond acceptors (Lipinski definition) is 7. The number of anilines is 2. The predicted molar refractivity (Wildman–Crippen MR) is 143 cm³/mol. The van der Waals surface area contributed by atoms with Crippen molar-refractivity contribution in [3.05, 3.63) is 78.1 Å². The second-order valence-electron chi connectivity index (χ2n) is 9.12. The van der Waals surface area contributed by atoms with Crippen molar-refractivity contribution in [1.29, 1.82) is 5.26 Å². The lowest BCUT2D eigenvalue weighted by Gasteiger charge is -2.36. The van der Waals surface area contributed by atoms with Crippen molar-refractivity contribution in [3.63, 3.8) is 0 Å². The van der Waals surface area contributed by atoms with Crippen LogP contribution in [0.1, 0.15) is 29.8 Å². The number of rotatable bonds is 5. The van der Waals surface area contributed by atoms with E-state index in [0.29, 0.717) is 28.1 Å². The van der Waals surface area contributed by atoms with Crippen LogP contribution < -0.4 is 15.0 Å². The Kier molecular flexibility index (Phi) is 6.71. The van der Waals surface area contributed by atoms with Gasteiger partial charge in [0, 0.05) is 30.2 Å². The highest BCUT2D eigenvalue weighted by atomic mass is 16.5. The summed E-state index contributed by atoms with van der Waals surface area (Å²) in [7, 11) is 1.54. The van der Waals surface area contributed by atoms with E-state index in [1.54, 1.807) is 25.4 Å². The highest BCUT2D eigenvalue weighted by Crippen LogP contribution is 2.35. The molecular weight excluding hydrogens is 466 g/mol. The first-order valence-corrected chi connectivity index (χ1v) is 12.1. The molecule has 1 N–H and O–H groups in total. The number of para-hydroxylation sites is 1. The van der Waals surface area contributed by atoms with Crippen LogP contribution in [0.3, 0.4) is 0 Å². The van der Waals surface area contributed by atoms with Gasteiger partial charge in [0.25, 0.3) is 5.91 Å². The largest absolute Gasteiger partial charge is 0.495 e. The maximum absolute atomic E-state index is 13.2. The molecule has 0 unspecified atom stereocenters. The summed E-state index contributed by atoms with van der Waals surface area (Å²) in [5, 5.41) is 12.7. The molecule has 4 aromatic rings. The number of benzene rings is 2. The van der Waals surface area contributed by atoms with E-state index in [4.69, 9.17) is 14.7 Å². The van der Waals surface area contributed by atoms with Gasteiger partial charge in [-0.25, -0.2) is 4.98 Å². The minimum atomic E-state index is -0.335. The third kappa shape index (κ3) is 4.95. The molecule has 0 saturated carbocycles. The molecule has 37 heavy (non-hydrogen) atoms. The zero-order valence-electron chi connectivity index (χ0n) is 20.9. The van der Waals surface area contributed by atoms with Gasteiger partial charge in [-0.2, -0.15) is 5.26 Å². The van der Waals surface area contributed by atoms with E-state index in [1.807, 2.05) is 42.5 Å². The van der Waals surface area contributed by atoms with Gasteiger partial charge in [-0.05, 0) is 49.7 Å². The molecule has 1 amide bonds. The number of ether oxygens (including phenoxy) is 2. The first-order chi connectivity index (χ1) is 18.0. The van der Waals surface area contributed by atoms with Gasteiger partial charge in [0.1, 0.15) is 17.1 Å². The maximum Gasteiger partial charge on any atom is 0.261 e. The fourth-order valence-corrected chi connectivity index (χ4v) is 4.75. The molecule has 1 aliphatic rings. The number of pyridine rings is 2. The van der Waals surface area contributed by atoms with Gasteiger partial charge in [0.15, 0.2) is 0 Å². The molecule has 1 fully saturated rings. The van der Waals surface area contributed by atoms with Crippen LogP contribution in [0.5, 0.6) is 5.75 Å². The van der Waals surface area contributed by atoms with E-state index < -0.39 is 0 Å². The number of nitriles is 1. The lowest BCUT2D eigenvalue weighted by Crippen LogP contribution is -2.45. The van der Waals surface area contributed by atoms with Crippen molar-refractivity contribution in [2.24, 2.45) is 0 Å². The number of amides is 1. The fraction of sp³-hybridized carbons (Fsp3) is 0.241. The fourth-order valence-electron chi connectivity index (χ4n) is 4.75. The Labute approximate surface area is 215 Å². The standard InChI is InChI=1S/C29H27N5O3/c1-18-16-34(17-19(2)37-18)26-12-11-22(14-31-26)33-29(35)25-15-32-27-23(5-4-6-24(27)28(25)36-3)21-9-7-20(13-30)8-10-21/h4-12,14-15,18-19H,16-17H2,1-3H3,(H,33,35)/t18-,19+. The zero-order chi connectivity index (χ0) is 25.9. The van der Waals surface area contributed by atoms with Gasteiger partial charge < -0.3 is 19.7 Å². The smallest absolute Gasteiger partial charge is 0.261 e. The van der Waals surface area contributed by atoms with Gasteiger partial charge in [0.05, 0.1) is 48.4 Å². The SMILES string of the molecule is COc1c(C(=O)Nc2ccc(N3C[C@@H](C)O[C@@H](C)C3)nc2)cnc2c(-c3ccc(C#N)cc3)cccc12.